The SMILES string of the molecule is CCOC(=O)C[C@](C)(N[S@@](C)=O)c1cc(NC(=O)C(F)(F)F)ccc1F. The number of anilines is 1. The number of alkyl halides is 3. The number of halogens is 4. The van der Waals surface area contributed by atoms with Gasteiger partial charge in [-0.1, -0.05) is 0 Å². The fourth-order valence-electron chi connectivity index (χ4n) is 2.23. The molecular formula is C15H18F4N2O4S. The van der Waals surface area contributed by atoms with Crippen LogP contribution in [0.3, 0.4) is 0 Å². The Bertz CT molecular complexity index is 711. The minimum Gasteiger partial charge on any atom is -0.466 e. The zero-order valence-corrected chi connectivity index (χ0v) is 15.0. The van der Waals surface area contributed by atoms with Gasteiger partial charge in [0.05, 0.1) is 29.6 Å². The second kappa shape index (κ2) is 8.58. The Labute approximate surface area is 149 Å². The number of ether oxygens (including phenoxy) is 1. The van der Waals surface area contributed by atoms with Gasteiger partial charge < -0.3 is 10.1 Å². The van der Waals surface area contributed by atoms with Crippen LogP contribution in [0.2, 0.25) is 0 Å². The van der Waals surface area contributed by atoms with E-state index in [4.69, 9.17) is 4.74 Å². The molecule has 0 aliphatic rings. The lowest BCUT2D eigenvalue weighted by atomic mass is 9.89. The Balaban J connectivity index is 3.28. The smallest absolute Gasteiger partial charge is 0.466 e. The molecule has 0 aromatic heterocycles. The van der Waals surface area contributed by atoms with Crippen molar-refractivity contribution in [2.45, 2.75) is 32.0 Å². The summed E-state index contributed by atoms with van der Waals surface area (Å²) in [5.74, 6) is -3.81. The molecule has 1 aromatic carbocycles. The van der Waals surface area contributed by atoms with Crippen molar-refractivity contribution in [3.05, 3.63) is 29.6 Å². The van der Waals surface area contributed by atoms with Gasteiger partial charge >= 0.3 is 18.1 Å². The molecule has 1 rings (SSSR count). The summed E-state index contributed by atoms with van der Waals surface area (Å²) in [6.45, 7) is 2.97. The number of carbonyl (C=O) groups excluding carboxylic acids is 2. The van der Waals surface area contributed by atoms with Crippen LogP contribution in [0.15, 0.2) is 18.2 Å². The lowest BCUT2D eigenvalue weighted by molar-refractivity contribution is -0.167. The monoisotopic (exact) mass is 398 g/mol. The molecule has 1 aromatic rings. The Morgan fingerprint density at radius 3 is 2.38 bits per heavy atom. The minimum atomic E-state index is -5.12. The van der Waals surface area contributed by atoms with E-state index in [-0.39, 0.29) is 17.9 Å². The highest BCUT2D eigenvalue weighted by Crippen LogP contribution is 2.31. The number of hydrogen-bond donors (Lipinski definition) is 2. The molecule has 0 fully saturated rings. The topological polar surface area (TPSA) is 84.5 Å². The Morgan fingerprint density at radius 1 is 1.27 bits per heavy atom. The molecule has 2 atom stereocenters. The summed E-state index contributed by atoms with van der Waals surface area (Å²) in [6.07, 6.45) is -4.31. The van der Waals surface area contributed by atoms with Gasteiger partial charge in [-0.05, 0) is 32.0 Å². The van der Waals surface area contributed by atoms with Crippen LogP contribution in [-0.2, 0) is 30.9 Å². The third-order valence-electron chi connectivity index (χ3n) is 3.25. The maximum absolute atomic E-state index is 14.3. The minimum absolute atomic E-state index is 0.0638. The van der Waals surface area contributed by atoms with E-state index in [0.717, 1.165) is 18.2 Å². The number of benzene rings is 1. The average Bonchev–Trinajstić information content (AvgIpc) is 2.47. The van der Waals surface area contributed by atoms with Gasteiger partial charge in [0.15, 0.2) is 0 Å². The molecule has 0 unspecified atom stereocenters. The maximum Gasteiger partial charge on any atom is 0.471 e. The molecule has 0 aliphatic heterocycles. The molecule has 0 aliphatic carbocycles. The largest absolute Gasteiger partial charge is 0.471 e. The molecule has 2 N–H and O–H groups in total. The first-order valence-electron chi connectivity index (χ1n) is 7.34. The molecule has 0 spiro atoms. The maximum atomic E-state index is 14.3. The molecule has 11 heteroatoms. The second-order valence-electron chi connectivity index (χ2n) is 5.52. The Hall–Kier alpha value is -2.01. The summed E-state index contributed by atoms with van der Waals surface area (Å²) in [5, 5.41) is 1.60. The number of hydrogen-bond acceptors (Lipinski definition) is 4. The van der Waals surface area contributed by atoms with E-state index >= 15 is 0 Å². The van der Waals surface area contributed by atoms with Gasteiger partial charge in [0.25, 0.3) is 0 Å². The Kier molecular flexibility index (Phi) is 7.27. The molecule has 0 radical (unpaired) electrons. The molecule has 0 saturated carbocycles. The average molecular weight is 398 g/mol. The summed E-state index contributed by atoms with van der Waals surface area (Å²) in [7, 11) is -1.69. The van der Waals surface area contributed by atoms with Crippen LogP contribution in [0.4, 0.5) is 23.2 Å². The van der Waals surface area contributed by atoms with Crippen molar-refractivity contribution in [2.24, 2.45) is 0 Å². The van der Waals surface area contributed by atoms with E-state index in [1.165, 1.54) is 13.2 Å². The normalized spacial score (nSPS) is 15.0. The third-order valence-corrected chi connectivity index (χ3v) is 3.99. The number of esters is 1. The fourth-order valence-corrected chi connectivity index (χ4v) is 3.05. The highest BCUT2D eigenvalue weighted by Gasteiger charge is 2.39. The van der Waals surface area contributed by atoms with E-state index in [1.807, 2.05) is 0 Å². The first kappa shape index (κ1) is 22.0. The number of amides is 1. The van der Waals surface area contributed by atoms with Crippen molar-refractivity contribution in [3.8, 4) is 0 Å². The Morgan fingerprint density at radius 2 is 1.88 bits per heavy atom. The van der Waals surface area contributed by atoms with Gasteiger partial charge in [-0.15, -0.1) is 0 Å². The van der Waals surface area contributed by atoms with Crippen LogP contribution < -0.4 is 10.0 Å². The van der Waals surface area contributed by atoms with E-state index in [1.54, 1.807) is 12.2 Å². The van der Waals surface area contributed by atoms with Gasteiger partial charge in [-0.2, -0.15) is 13.2 Å². The summed E-state index contributed by atoms with van der Waals surface area (Å²) < 4.78 is 70.3. The zero-order valence-electron chi connectivity index (χ0n) is 14.2. The van der Waals surface area contributed by atoms with Gasteiger partial charge in [0, 0.05) is 17.5 Å². The van der Waals surface area contributed by atoms with Crippen LogP contribution in [0.25, 0.3) is 0 Å². The number of carbonyl (C=O) groups is 2. The molecule has 26 heavy (non-hydrogen) atoms. The van der Waals surface area contributed by atoms with Crippen molar-refractivity contribution < 1.29 is 36.1 Å². The first-order valence-corrected chi connectivity index (χ1v) is 8.90. The molecular weight excluding hydrogens is 380 g/mol. The van der Waals surface area contributed by atoms with Gasteiger partial charge in [0.1, 0.15) is 5.82 Å². The second-order valence-corrected chi connectivity index (χ2v) is 6.63. The summed E-state index contributed by atoms with van der Waals surface area (Å²) >= 11 is 0. The number of rotatable bonds is 7. The van der Waals surface area contributed by atoms with E-state index in [9.17, 15) is 31.4 Å². The van der Waals surface area contributed by atoms with E-state index < -0.39 is 46.8 Å². The van der Waals surface area contributed by atoms with Crippen molar-refractivity contribution in [1.82, 2.24) is 4.72 Å². The van der Waals surface area contributed by atoms with Crippen LogP contribution >= 0.6 is 0 Å². The van der Waals surface area contributed by atoms with Gasteiger partial charge in [-0.3, -0.25) is 9.59 Å². The van der Waals surface area contributed by atoms with Crippen molar-refractivity contribution in [1.29, 1.82) is 0 Å². The predicted octanol–water partition coefficient (Wildman–Crippen LogP) is 2.38. The van der Waals surface area contributed by atoms with Crippen LogP contribution in [0, 0.1) is 5.82 Å². The highest BCUT2D eigenvalue weighted by molar-refractivity contribution is 7.82. The lowest BCUT2D eigenvalue weighted by Gasteiger charge is -2.30. The zero-order chi connectivity index (χ0) is 20.1. The van der Waals surface area contributed by atoms with Gasteiger partial charge in [-0.25, -0.2) is 13.3 Å². The van der Waals surface area contributed by atoms with Crippen molar-refractivity contribution in [2.75, 3.05) is 18.2 Å². The summed E-state index contributed by atoms with van der Waals surface area (Å²) in [5.41, 5.74) is -2.13. The van der Waals surface area contributed by atoms with Gasteiger partial charge in [0.2, 0.25) is 0 Å². The lowest BCUT2D eigenvalue weighted by Crippen LogP contribution is -2.43. The molecule has 1 amide bonds. The van der Waals surface area contributed by atoms with Crippen LogP contribution in [-0.4, -0.2) is 35.1 Å². The molecule has 0 heterocycles. The van der Waals surface area contributed by atoms with Crippen molar-refractivity contribution in [3.63, 3.8) is 0 Å². The van der Waals surface area contributed by atoms with E-state index in [0.29, 0.717) is 0 Å². The summed E-state index contributed by atoms with van der Waals surface area (Å²) in [6, 6.07) is 2.72. The van der Waals surface area contributed by atoms with Crippen molar-refractivity contribution >= 4 is 28.5 Å². The quantitative estimate of drug-likeness (QED) is 0.546. The molecule has 6 nitrogen and oxygen atoms in total. The van der Waals surface area contributed by atoms with Crippen LogP contribution in [0.1, 0.15) is 25.8 Å². The summed E-state index contributed by atoms with van der Waals surface area (Å²) in [4.78, 5) is 22.9. The van der Waals surface area contributed by atoms with E-state index in [2.05, 4.69) is 4.72 Å². The molecule has 146 valence electrons. The fraction of sp³-hybridized carbons (Fsp3) is 0.467. The van der Waals surface area contributed by atoms with Crippen LogP contribution in [0.5, 0.6) is 0 Å². The molecule has 0 bridgehead atoms. The molecule has 0 saturated heterocycles. The highest BCUT2D eigenvalue weighted by atomic mass is 32.2. The predicted molar refractivity (Wildman–Crippen MR) is 86.9 cm³/mol. The third kappa shape index (κ3) is 6.06. The number of nitrogens with one attached hydrogen (secondary N) is 2. The first-order chi connectivity index (χ1) is 11.9. The standard InChI is InChI=1S/C15H18F4N2O4S/c1-4-25-12(22)8-14(2,21-26(3)24)10-7-9(5-6-11(10)16)20-13(23)15(17,18)19/h5-7,21H,4,8H2,1-3H3,(H,20,23)/t14-,26+/m0/s1.